The molecule has 0 saturated heterocycles. The fraction of sp³-hybridized carbons (Fsp3) is 0.278. The summed E-state index contributed by atoms with van der Waals surface area (Å²) < 4.78 is 11.4. The number of hydrazone groups is 1. The number of ether oxygens (including phenoxy) is 2. The van der Waals surface area contributed by atoms with E-state index < -0.39 is 0 Å². The van der Waals surface area contributed by atoms with Gasteiger partial charge in [0.2, 0.25) is 11.7 Å². The molecule has 130 valence electrons. The summed E-state index contributed by atoms with van der Waals surface area (Å²) >= 11 is 0. The highest BCUT2D eigenvalue weighted by molar-refractivity contribution is 6.01. The largest absolute Gasteiger partial charge is 0.493 e. The van der Waals surface area contributed by atoms with E-state index in [0.29, 0.717) is 35.3 Å². The zero-order chi connectivity index (χ0) is 17.8. The summed E-state index contributed by atoms with van der Waals surface area (Å²) in [6, 6.07) is 9.28. The molecule has 0 amide bonds. The third-order valence-corrected chi connectivity index (χ3v) is 3.80. The number of aryl methyl sites for hydroxylation is 2. The molecule has 7 nitrogen and oxygen atoms in total. The first-order chi connectivity index (χ1) is 12.1. The predicted molar refractivity (Wildman–Crippen MR) is 94.9 cm³/mol. The number of pyridine rings is 1. The van der Waals surface area contributed by atoms with E-state index in [9.17, 15) is 5.21 Å². The predicted octanol–water partition coefficient (Wildman–Crippen LogP) is 3.33. The first kappa shape index (κ1) is 16.8. The lowest BCUT2D eigenvalue weighted by Gasteiger charge is -2.18. The van der Waals surface area contributed by atoms with Crippen LogP contribution in [0.2, 0.25) is 0 Å². The molecule has 0 bridgehead atoms. The van der Waals surface area contributed by atoms with Crippen molar-refractivity contribution in [2.45, 2.75) is 20.3 Å². The first-order valence-corrected chi connectivity index (χ1v) is 7.95. The second-order valence-electron chi connectivity index (χ2n) is 5.70. The van der Waals surface area contributed by atoms with Gasteiger partial charge >= 0.3 is 0 Å². The minimum atomic E-state index is 0.294. The Bertz CT molecular complexity index is 833. The van der Waals surface area contributed by atoms with Gasteiger partial charge < -0.3 is 14.7 Å². The molecule has 0 spiro atoms. The van der Waals surface area contributed by atoms with Gasteiger partial charge in [-0.05, 0) is 43.7 Å². The molecule has 0 fully saturated rings. The van der Waals surface area contributed by atoms with E-state index in [1.807, 2.05) is 38.1 Å². The normalized spacial score (nSPS) is 14.0. The van der Waals surface area contributed by atoms with Crippen molar-refractivity contribution in [2.24, 2.45) is 10.3 Å². The Hall–Kier alpha value is -3.09. The van der Waals surface area contributed by atoms with Crippen molar-refractivity contribution in [3.05, 3.63) is 47.2 Å². The molecule has 3 rings (SSSR count). The summed E-state index contributed by atoms with van der Waals surface area (Å²) in [5.74, 6) is 1.77. The van der Waals surface area contributed by atoms with Crippen molar-refractivity contribution in [3.8, 4) is 17.4 Å². The second kappa shape index (κ2) is 7.21. The van der Waals surface area contributed by atoms with Gasteiger partial charge in [-0.1, -0.05) is 11.2 Å². The number of rotatable bonds is 4. The van der Waals surface area contributed by atoms with Crippen molar-refractivity contribution < 1.29 is 14.7 Å². The van der Waals surface area contributed by atoms with Gasteiger partial charge in [0, 0.05) is 24.9 Å². The van der Waals surface area contributed by atoms with E-state index in [1.54, 1.807) is 24.4 Å². The van der Waals surface area contributed by atoms with Crippen molar-refractivity contribution in [1.29, 1.82) is 0 Å². The van der Waals surface area contributed by atoms with Crippen molar-refractivity contribution in [3.63, 3.8) is 0 Å². The number of oxime groups is 1. The molecule has 1 N–H and O–H groups in total. The summed E-state index contributed by atoms with van der Waals surface area (Å²) in [5, 5.41) is 18.7. The van der Waals surface area contributed by atoms with Crippen LogP contribution in [0.25, 0.3) is 0 Å². The quantitative estimate of drug-likeness (QED) is 0.400. The van der Waals surface area contributed by atoms with Gasteiger partial charge in [0.25, 0.3) is 0 Å². The maximum absolute atomic E-state index is 9.50. The van der Waals surface area contributed by atoms with Crippen LogP contribution in [0, 0.1) is 13.8 Å². The van der Waals surface area contributed by atoms with Gasteiger partial charge in [-0.25, -0.2) is 9.99 Å². The van der Waals surface area contributed by atoms with Crippen LogP contribution >= 0.6 is 0 Å². The Labute approximate surface area is 146 Å². The molecule has 1 aliphatic heterocycles. The van der Waals surface area contributed by atoms with E-state index in [0.717, 1.165) is 17.7 Å². The van der Waals surface area contributed by atoms with Gasteiger partial charge in [0.1, 0.15) is 0 Å². The highest BCUT2D eigenvalue weighted by Gasteiger charge is 2.22. The van der Waals surface area contributed by atoms with Gasteiger partial charge in [-0.3, -0.25) is 0 Å². The fourth-order valence-electron chi connectivity index (χ4n) is 2.54. The molecule has 0 aliphatic carbocycles. The van der Waals surface area contributed by atoms with Crippen LogP contribution in [0.4, 0.5) is 0 Å². The fourth-order valence-corrected chi connectivity index (χ4v) is 2.54. The summed E-state index contributed by atoms with van der Waals surface area (Å²) in [6.45, 7) is 4.48. The Morgan fingerprint density at radius 1 is 1.20 bits per heavy atom. The van der Waals surface area contributed by atoms with E-state index in [4.69, 9.17) is 9.47 Å². The van der Waals surface area contributed by atoms with E-state index in [1.165, 1.54) is 0 Å². The average molecular weight is 340 g/mol. The lowest BCUT2D eigenvalue weighted by Crippen LogP contribution is -2.25. The van der Waals surface area contributed by atoms with Crippen LogP contribution in [0.1, 0.15) is 23.2 Å². The first-order valence-electron chi connectivity index (χ1n) is 7.95. The maximum Gasteiger partial charge on any atom is 0.230 e. The minimum Gasteiger partial charge on any atom is -0.493 e. The maximum atomic E-state index is 9.50. The standard InChI is InChI=1S/C18H20N4O3/c1-12-5-8-15(16(11-12)24-3)25-18-14(7-6-13(2)20-18)17(21-23)22-10-4-9-19-22/h5-9,11,23H,4,10H2,1-3H3/b21-17-. The third-order valence-electron chi connectivity index (χ3n) is 3.80. The molecular formula is C18H20N4O3. The number of aromatic nitrogens is 1. The molecule has 1 aromatic carbocycles. The van der Waals surface area contributed by atoms with Crippen LogP contribution in [-0.4, -0.2) is 40.9 Å². The molecule has 2 heterocycles. The van der Waals surface area contributed by atoms with Crippen molar-refractivity contribution >= 4 is 12.1 Å². The Morgan fingerprint density at radius 2 is 2.04 bits per heavy atom. The number of nitrogens with zero attached hydrogens (tertiary/aromatic N) is 4. The number of methoxy groups -OCH3 is 1. The molecule has 7 heteroatoms. The number of hydrogen-bond acceptors (Lipinski definition) is 6. The van der Waals surface area contributed by atoms with Gasteiger partial charge in [-0.15, -0.1) is 0 Å². The monoisotopic (exact) mass is 340 g/mol. The van der Waals surface area contributed by atoms with E-state index >= 15 is 0 Å². The highest BCUT2D eigenvalue weighted by Crippen LogP contribution is 2.33. The van der Waals surface area contributed by atoms with Crippen LogP contribution in [0.5, 0.6) is 17.4 Å². The summed E-state index contributed by atoms with van der Waals surface area (Å²) in [7, 11) is 1.59. The van der Waals surface area contributed by atoms with E-state index in [2.05, 4.69) is 15.2 Å². The lowest BCUT2D eigenvalue weighted by atomic mass is 10.2. The van der Waals surface area contributed by atoms with Crippen molar-refractivity contribution in [1.82, 2.24) is 9.99 Å². The Kier molecular flexibility index (Phi) is 4.83. The molecule has 0 unspecified atom stereocenters. The number of benzene rings is 1. The zero-order valence-electron chi connectivity index (χ0n) is 14.4. The molecule has 1 aromatic heterocycles. The average Bonchev–Trinajstić information content (AvgIpc) is 3.13. The van der Waals surface area contributed by atoms with E-state index in [-0.39, 0.29) is 0 Å². The molecule has 0 saturated carbocycles. The van der Waals surface area contributed by atoms with Gasteiger partial charge in [0.15, 0.2) is 11.5 Å². The molecule has 1 aliphatic rings. The topological polar surface area (TPSA) is 79.5 Å². The third kappa shape index (κ3) is 3.55. The van der Waals surface area contributed by atoms with Crippen LogP contribution in [0.15, 0.2) is 40.6 Å². The number of hydrogen-bond donors (Lipinski definition) is 1. The SMILES string of the molecule is COc1cc(C)ccc1Oc1nc(C)ccc1/C(=N/O)N1CCC=N1. The highest BCUT2D eigenvalue weighted by atomic mass is 16.5. The molecule has 0 atom stereocenters. The molecule has 2 aromatic rings. The Morgan fingerprint density at radius 3 is 2.72 bits per heavy atom. The molecule has 25 heavy (non-hydrogen) atoms. The van der Waals surface area contributed by atoms with Gasteiger partial charge in [0.05, 0.1) is 12.7 Å². The molecular weight excluding hydrogens is 320 g/mol. The zero-order valence-corrected chi connectivity index (χ0v) is 14.4. The summed E-state index contributed by atoms with van der Waals surface area (Å²) in [5.41, 5.74) is 2.40. The minimum absolute atomic E-state index is 0.294. The summed E-state index contributed by atoms with van der Waals surface area (Å²) in [4.78, 5) is 4.46. The lowest BCUT2D eigenvalue weighted by molar-refractivity contribution is 0.304. The van der Waals surface area contributed by atoms with Crippen LogP contribution < -0.4 is 9.47 Å². The Balaban J connectivity index is 2.01. The smallest absolute Gasteiger partial charge is 0.230 e. The number of amidine groups is 1. The van der Waals surface area contributed by atoms with Crippen LogP contribution in [-0.2, 0) is 0 Å². The summed E-state index contributed by atoms with van der Waals surface area (Å²) in [6.07, 6.45) is 2.57. The van der Waals surface area contributed by atoms with Crippen molar-refractivity contribution in [2.75, 3.05) is 13.7 Å². The van der Waals surface area contributed by atoms with Gasteiger partial charge in [-0.2, -0.15) is 5.10 Å². The van der Waals surface area contributed by atoms with Crippen LogP contribution in [0.3, 0.4) is 0 Å². The molecule has 0 radical (unpaired) electrons. The second-order valence-corrected chi connectivity index (χ2v) is 5.70.